The molecule has 1 aliphatic carbocycles. The van der Waals surface area contributed by atoms with E-state index in [0.29, 0.717) is 24.8 Å². The number of alkyl halides is 4. The van der Waals surface area contributed by atoms with Gasteiger partial charge < -0.3 is 30.0 Å². The summed E-state index contributed by atoms with van der Waals surface area (Å²) < 4.78 is 53.4. The lowest BCUT2D eigenvalue weighted by molar-refractivity contribution is -0.109. The number of pyridine rings is 1. The normalized spacial score (nSPS) is 15.6. The molecule has 0 radical (unpaired) electrons. The summed E-state index contributed by atoms with van der Waals surface area (Å²) in [5.74, 6) is -3.65. The lowest BCUT2D eigenvalue weighted by Crippen LogP contribution is -2.25. The molecule has 3 N–H and O–H groups in total. The number of carbonyl (C=O) groups is 3. The molecular weight excluding hydrogens is 606 g/mol. The molecule has 0 bridgehead atoms. The van der Waals surface area contributed by atoms with Gasteiger partial charge in [0.15, 0.2) is 0 Å². The minimum Gasteiger partial charge on any atom is -0.357 e. The van der Waals surface area contributed by atoms with E-state index in [1.165, 1.54) is 43.7 Å². The molecule has 1 unspecified atom stereocenters. The third kappa shape index (κ3) is 9.21. The third-order valence-corrected chi connectivity index (χ3v) is 7.44. The van der Waals surface area contributed by atoms with Crippen molar-refractivity contribution in [3.63, 3.8) is 0 Å². The standard InChI is InChI=1S/C16H11F2NO2.C9H9N3O.C6H13N.C2H4F2O/c17-16(18)12-6-2-1-4-10(12)14-11(5-3-7-13(14)16)15(21)19-8-9-20;13-6-11-5-8-3-7-4-10-2-1-9(7)12-8;1-6-4-3-5-7(6)2;1-5-2(3)4/h1-7,9H,8H2,(H,19,21);1-4,6,12H,5H2,(H,11,13);6H,3-5H2,1-2H3;2H,1H3. The number of halogens is 4. The van der Waals surface area contributed by atoms with Crippen LogP contribution in [0.5, 0.6) is 0 Å². The van der Waals surface area contributed by atoms with Gasteiger partial charge in [-0.1, -0.05) is 36.4 Å². The summed E-state index contributed by atoms with van der Waals surface area (Å²) in [6, 6.07) is 15.1. The molecular formula is C33H37F4N5O4. The van der Waals surface area contributed by atoms with Crippen molar-refractivity contribution in [2.75, 3.05) is 27.2 Å². The highest BCUT2D eigenvalue weighted by Crippen LogP contribution is 2.51. The van der Waals surface area contributed by atoms with Crippen molar-refractivity contribution in [1.29, 1.82) is 0 Å². The van der Waals surface area contributed by atoms with E-state index >= 15 is 0 Å². The van der Waals surface area contributed by atoms with Gasteiger partial charge in [0, 0.05) is 64.4 Å². The monoisotopic (exact) mass is 643 g/mol. The summed E-state index contributed by atoms with van der Waals surface area (Å²) in [5, 5.41) is 6.04. The Morgan fingerprint density at radius 3 is 2.46 bits per heavy atom. The zero-order chi connectivity index (χ0) is 33.7. The number of nitrogens with zero attached hydrogens (tertiary/aromatic N) is 2. The lowest BCUT2D eigenvalue weighted by Gasteiger charge is -2.12. The molecule has 13 heteroatoms. The second kappa shape index (κ2) is 17.2. The van der Waals surface area contributed by atoms with E-state index < -0.39 is 18.4 Å². The topological polar surface area (TPSA) is 116 Å². The Morgan fingerprint density at radius 2 is 1.87 bits per heavy atom. The predicted octanol–water partition coefficient (Wildman–Crippen LogP) is 5.50. The van der Waals surface area contributed by atoms with Crippen LogP contribution >= 0.6 is 0 Å². The van der Waals surface area contributed by atoms with Gasteiger partial charge in [0.2, 0.25) is 6.41 Å². The second-order valence-electron chi connectivity index (χ2n) is 10.4. The van der Waals surface area contributed by atoms with Crippen LogP contribution in [0.3, 0.4) is 0 Å². The molecule has 4 aromatic rings. The van der Waals surface area contributed by atoms with Crippen LogP contribution in [0, 0.1) is 0 Å². The fraction of sp³-hybridized carbons (Fsp3) is 0.333. The molecule has 1 aliphatic heterocycles. The van der Waals surface area contributed by atoms with Gasteiger partial charge in [0.25, 0.3) is 11.8 Å². The molecule has 1 saturated heterocycles. The Bertz CT molecular complexity index is 1560. The minimum atomic E-state index is -3.12. The Morgan fingerprint density at radius 1 is 1.15 bits per heavy atom. The number of fused-ring (bicyclic) bond motifs is 4. The van der Waals surface area contributed by atoms with Gasteiger partial charge in [-0.25, -0.2) is 0 Å². The van der Waals surface area contributed by atoms with Gasteiger partial charge in [-0.3, -0.25) is 14.6 Å². The Hall–Kier alpha value is -4.62. The highest BCUT2D eigenvalue weighted by molar-refractivity contribution is 6.04. The molecule has 6 rings (SSSR count). The van der Waals surface area contributed by atoms with E-state index in [1.807, 2.05) is 12.1 Å². The van der Waals surface area contributed by atoms with Crippen molar-refractivity contribution in [2.45, 2.75) is 44.9 Å². The molecule has 9 nitrogen and oxygen atoms in total. The van der Waals surface area contributed by atoms with E-state index in [-0.39, 0.29) is 28.8 Å². The second-order valence-corrected chi connectivity index (χ2v) is 10.4. The number of likely N-dealkylation sites (tertiary alicyclic amines) is 1. The zero-order valence-corrected chi connectivity index (χ0v) is 25.7. The van der Waals surface area contributed by atoms with Crippen molar-refractivity contribution in [3.05, 3.63) is 89.4 Å². The maximum Gasteiger partial charge on any atom is 0.345 e. The Kier molecular flexibility index (Phi) is 13.4. The maximum atomic E-state index is 14.4. The summed E-state index contributed by atoms with van der Waals surface area (Å²) in [6.07, 6.45) is 7.55. The minimum absolute atomic E-state index is 0.101. The van der Waals surface area contributed by atoms with Gasteiger partial charge in [-0.05, 0) is 57.1 Å². The molecule has 1 atom stereocenters. The van der Waals surface area contributed by atoms with Crippen molar-refractivity contribution in [2.24, 2.45) is 0 Å². The van der Waals surface area contributed by atoms with Crippen molar-refractivity contribution in [1.82, 2.24) is 25.5 Å². The van der Waals surface area contributed by atoms with Crippen LogP contribution in [0.1, 0.15) is 46.9 Å². The van der Waals surface area contributed by atoms with Crippen molar-refractivity contribution >= 4 is 29.5 Å². The summed E-state index contributed by atoms with van der Waals surface area (Å²) in [7, 11) is 3.14. The van der Waals surface area contributed by atoms with Crippen LogP contribution in [0.4, 0.5) is 17.6 Å². The number of aromatic nitrogens is 2. The number of ether oxygens (including phenoxy) is 1. The van der Waals surface area contributed by atoms with Crippen LogP contribution in [-0.2, 0) is 26.8 Å². The van der Waals surface area contributed by atoms with E-state index in [4.69, 9.17) is 0 Å². The fourth-order valence-corrected chi connectivity index (χ4v) is 5.00. The van der Waals surface area contributed by atoms with Crippen LogP contribution in [-0.4, -0.2) is 73.4 Å². The molecule has 1 fully saturated rings. The van der Waals surface area contributed by atoms with Crippen LogP contribution in [0.25, 0.3) is 22.0 Å². The van der Waals surface area contributed by atoms with Crippen molar-refractivity contribution in [3.8, 4) is 11.1 Å². The number of benzene rings is 2. The molecule has 46 heavy (non-hydrogen) atoms. The Labute approximate surface area is 264 Å². The van der Waals surface area contributed by atoms with Crippen LogP contribution in [0.15, 0.2) is 67.0 Å². The number of carbonyl (C=O) groups excluding carboxylic acids is 3. The number of methoxy groups -OCH3 is 1. The number of H-pyrrole nitrogens is 1. The van der Waals surface area contributed by atoms with Crippen LogP contribution < -0.4 is 10.6 Å². The smallest absolute Gasteiger partial charge is 0.345 e. The quantitative estimate of drug-likeness (QED) is 0.181. The first kappa shape index (κ1) is 35.9. The number of aromatic amines is 1. The van der Waals surface area contributed by atoms with Crippen LogP contribution in [0.2, 0.25) is 0 Å². The van der Waals surface area contributed by atoms with Gasteiger partial charge in [-0.15, -0.1) is 0 Å². The molecule has 0 saturated carbocycles. The number of rotatable bonds is 7. The molecule has 2 aromatic heterocycles. The summed E-state index contributed by atoms with van der Waals surface area (Å²) in [6.45, 7) is 1.35. The first-order chi connectivity index (χ1) is 22.0. The molecule has 2 aliphatic rings. The highest BCUT2D eigenvalue weighted by atomic mass is 19.3. The van der Waals surface area contributed by atoms with E-state index in [1.54, 1.807) is 30.6 Å². The molecule has 246 valence electrons. The number of hydrogen-bond donors (Lipinski definition) is 3. The van der Waals surface area contributed by atoms with Gasteiger partial charge in [-0.2, -0.15) is 17.6 Å². The average Bonchev–Trinajstić information content (AvgIpc) is 3.73. The summed E-state index contributed by atoms with van der Waals surface area (Å²) in [4.78, 5) is 42.0. The lowest BCUT2D eigenvalue weighted by atomic mass is 9.99. The summed E-state index contributed by atoms with van der Waals surface area (Å²) >= 11 is 0. The summed E-state index contributed by atoms with van der Waals surface area (Å²) in [5.41, 5.74) is 2.49. The largest absolute Gasteiger partial charge is 0.357 e. The Balaban J connectivity index is 0.000000195. The number of nitrogens with one attached hydrogen (secondary N) is 3. The van der Waals surface area contributed by atoms with Gasteiger partial charge in [0.05, 0.1) is 13.1 Å². The van der Waals surface area contributed by atoms with E-state index in [2.05, 4.69) is 44.2 Å². The van der Waals surface area contributed by atoms with E-state index in [9.17, 15) is 31.9 Å². The molecule has 0 spiro atoms. The number of hydrogen-bond acceptors (Lipinski definition) is 6. The van der Waals surface area contributed by atoms with Crippen molar-refractivity contribution < 1.29 is 36.7 Å². The first-order valence-corrected chi connectivity index (χ1v) is 14.5. The molecule has 3 heterocycles. The molecule has 2 aromatic carbocycles. The highest BCUT2D eigenvalue weighted by Gasteiger charge is 2.45. The predicted molar refractivity (Wildman–Crippen MR) is 167 cm³/mol. The van der Waals surface area contributed by atoms with Gasteiger partial charge >= 0.3 is 6.61 Å². The zero-order valence-electron chi connectivity index (χ0n) is 25.7. The van der Waals surface area contributed by atoms with Gasteiger partial charge in [0.1, 0.15) is 6.29 Å². The maximum absolute atomic E-state index is 14.4. The third-order valence-electron chi connectivity index (χ3n) is 7.44. The number of aldehydes is 1. The number of amides is 2. The van der Waals surface area contributed by atoms with E-state index in [0.717, 1.165) is 29.7 Å². The molecule has 2 amide bonds. The first-order valence-electron chi connectivity index (χ1n) is 14.5. The SMILES string of the molecule is CC1CCCN1C.COC(F)F.O=CCNC(=O)c1cccc2c1-c1ccccc1C2(F)F.O=CNCc1cc2cnccc2[nH]1. The average molecular weight is 644 g/mol. The fourth-order valence-electron chi connectivity index (χ4n) is 5.00.